The first kappa shape index (κ1) is 22.6. The molecule has 0 spiro atoms. The number of carbonyl (C=O) groups is 2. The van der Waals surface area contributed by atoms with Crippen molar-refractivity contribution in [3.8, 4) is 5.75 Å². The lowest BCUT2D eigenvalue weighted by atomic mass is 10.1. The molecule has 0 radical (unpaired) electrons. The van der Waals surface area contributed by atoms with Gasteiger partial charge in [0, 0.05) is 46.3 Å². The van der Waals surface area contributed by atoms with E-state index in [1.165, 1.54) is 0 Å². The molecule has 0 unspecified atom stereocenters. The van der Waals surface area contributed by atoms with E-state index < -0.39 is 0 Å². The summed E-state index contributed by atoms with van der Waals surface area (Å²) >= 11 is 0. The second kappa shape index (κ2) is 11.4. The van der Waals surface area contributed by atoms with Crippen molar-refractivity contribution >= 4 is 11.9 Å². The second-order valence-corrected chi connectivity index (χ2v) is 7.58. The molecule has 0 bridgehead atoms. The van der Waals surface area contributed by atoms with Gasteiger partial charge in [0.2, 0.25) is 5.91 Å². The molecule has 2 aromatic rings. The van der Waals surface area contributed by atoms with E-state index in [0.29, 0.717) is 52.2 Å². The average Bonchev–Trinajstić information content (AvgIpc) is 2.82. The van der Waals surface area contributed by atoms with Crippen LogP contribution in [0.5, 0.6) is 5.75 Å². The largest absolute Gasteiger partial charge is 0.497 e. The molecular formula is C24H31N3O4. The summed E-state index contributed by atoms with van der Waals surface area (Å²) in [4.78, 5) is 28.7. The number of benzene rings is 2. The van der Waals surface area contributed by atoms with E-state index in [2.05, 4.69) is 5.32 Å². The van der Waals surface area contributed by atoms with E-state index in [9.17, 15) is 9.59 Å². The van der Waals surface area contributed by atoms with Crippen LogP contribution in [-0.2, 0) is 29.1 Å². The van der Waals surface area contributed by atoms with Crippen molar-refractivity contribution in [1.82, 2.24) is 15.1 Å². The van der Waals surface area contributed by atoms with Crippen LogP contribution >= 0.6 is 0 Å². The zero-order valence-electron chi connectivity index (χ0n) is 18.3. The zero-order valence-corrected chi connectivity index (χ0v) is 18.3. The molecule has 0 atom stereocenters. The van der Waals surface area contributed by atoms with Gasteiger partial charge in [0.25, 0.3) is 0 Å². The maximum Gasteiger partial charge on any atom is 0.317 e. The van der Waals surface area contributed by atoms with E-state index in [4.69, 9.17) is 9.47 Å². The molecule has 1 saturated heterocycles. The fraction of sp³-hybridized carbons (Fsp3) is 0.417. The molecule has 0 saturated carbocycles. The van der Waals surface area contributed by atoms with Crippen molar-refractivity contribution in [2.75, 3.05) is 40.4 Å². The Balaban J connectivity index is 1.41. The normalized spacial score (nSPS) is 13.7. The summed E-state index contributed by atoms with van der Waals surface area (Å²) < 4.78 is 10.4. The van der Waals surface area contributed by atoms with Crippen LogP contribution in [0.3, 0.4) is 0 Å². The van der Waals surface area contributed by atoms with Gasteiger partial charge in [-0.15, -0.1) is 0 Å². The van der Waals surface area contributed by atoms with E-state index in [0.717, 1.165) is 22.4 Å². The lowest BCUT2D eigenvalue weighted by Gasteiger charge is -2.34. The fourth-order valence-corrected chi connectivity index (χ4v) is 3.67. The molecule has 1 fully saturated rings. The molecule has 166 valence electrons. The highest BCUT2D eigenvalue weighted by molar-refractivity contribution is 5.78. The summed E-state index contributed by atoms with van der Waals surface area (Å²) in [5, 5.41) is 2.99. The van der Waals surface area contributed by atoms with E-state index in [-0.39, 0.29) is 11.9 Å². The number of nitrogens with one attached hydrogen (secondary N) is 1. The summed E-state index contributed by atoms with van der Waals surface area (Å²) in [7, 11) is 3.30. The first-order valence-corrected chi connectivity index (χ1v) is 10.6. The number of rotatable bonds is 8. The molecule has 2 aromatic carbocycles. The number of nitrogens with zero attached hydrogens (tertiary/aromatic N) is 2. The first-order chi connectivity index (χ1) is 15.1. The van der Waals surface area contributed by atoms with E-state index in [1.807, 2.05) is 53.4 Å². The second-order valence-electron chi connectivity index (χ2n) is 7.58. The molecule has 1 aliphatic heterocycles. The molecule has 7 heteroatoms. The van der Waals surface area contributed by atoms with Crippen molar-refractivity contribution in [1.29, 1.82) is 0 Å². The van der Waals surface area contributed by atoms with Gasteiger partial charge in [0.1, 0.15) is 5.75 Å². The number of methoxy groups -OCH3 is 2. The molecule has 1 N–H and O–H groups in total. The number of aryl methyl sites for hydroxylation is 1. The smallest absolute Gasteiger partial charge is 0.317 e. The van der Waals surface area contributed by atoms with Crippen LogP contribution in [0.2, 0.25) is 0 Å². The average molecular weight is 426 g/mol. The van der Waals surface area contributed by atoms with Crippen LogP contribution < -0.4 is 10.1 Å². The molecule has 7 nitrogen and oxygen atoms in total. The predicted octanol–water partition coefficient (Wildman–Crippen LogP) is 2.83. The number of piperazine rings is 1. The van der Waals surface area contributed by atoms with Crippen LogP contribution in [0.25, 0.3) is 0 Å². The molecule has 3 rings (SSSR count). The number of hydrogen-bond acceptors (Lipinski definition) is 4. The summed E-state index contributed by atoms with van der Waals surface area (Å²) in [6, 6.07) is 15.6. The molecule has 1 aliphatic rings. The number of ether oxygens (including phenoxy) is 2. The summed E-state index contributed by atoms with van der Waals surface area (Å²) in [5.41, 5.74) is 3.23. The van der Waals surface area contributed by atoms with Crippen molar-refractivity contribution in [3.05, 3.63) is 65.2 Å². The zero-order chi connectivity index (χ0) is 22.1. The van der Waals surface area contributed by atoms with Crippen molar-refractivity contribution < 1.29 is 19.1 Å². The van der Waals surface area contributed by atoms with Gasteiger partial charge in [0.05, 0.1) is 13.7 Å². The van der Waals surface area contributed by atoms with Crippen molar-refractivity contribution in [2.45, 2.75) is 26.0 Å². The van der Waals surface area contributed by atoms with Gasteiger partial charge in [-0.2, -0.15) is 0 Å². The SMILES string of the molecule is COCc1ccccc1CNC(=O)N1CCN(C(=O)CCc2ccc(OC)cc2)CC1. The Kier molecular flexibility index (Phi) is 8.29. The molecule has 31 heavy (non-hydrogen) atoms. The minimum atomic E-state index is -0.0995. The van der Waals surface area contributed by atoms with Gasteiger partial charge in [-0.3, -0.25) is 4.79 Å². The molecular weight excluding hydrogens is 394 g/mol. The van der Waals surface area contributed by atoms with Crippen LogP contribution in [0.1, 0.15) is 23.1 Å². The van der Waals surface area contributed by atoms with Crippen molar-refractivity contribution in [2.24, 2.45) is 0 Å². The Morgan fingerprint density at radius 2 is 1.55 bits per heavy atom. The third kappa shape index (κ3) is 6.46. The number of amides is 3. The topological polar surface area (TPSA) is 71.1 Å². The van der Waals surface area contributed by atoms with Crippen LogP contribution in [-0.4, -0.2) is 62.1 Å². The van der Waals surface area contributed by atoms with Crippen LogP contribution in [0.15, 0.2) is 48.5 Å². The van der Waals surface area contributed by atoms with Crippen molar-refractivity contribution in [3.63, 3.8) is 0 Å². The monoisotopic (exact) mass is 425 g/mol. The standard InChI is InChI=1S/C24H31N3O4/c1-30-18-21-6-4-3-5-20(21)17-25-24(29)27-15-13-26(14-16-27)23(28)12-9-19-7-10-22(31-2)11-8-19/h3-8,10-11H,9,12-18H2,1-2H3,(H,25,29). The minimum Gasteiger partial charge on any atom is -0.497 e. The van der Waals surface area contributed by atoms with Gasteiger partial charge in [-0.05, 0) is 35.2 Å². The van der Waals surface area contributed by atoms with Crippen LogP contribution in [0.4, 0.5) is 4.79 Å². The molecule has 0 aliphatic carbocycles. The lowest BCUT2D eigenvalue weighted by molar-refractivity contribution is -0.132. The summed E-state index contributed by atoms with van der Waals surface area (Å²) in [6.45, 7) is 3.19. The quantitative estimate of drug-likeness (QED) is 0.706. The van der Waals surface area contributed by atoms with E-state index in [1.54, 1.807) is 19.1 Å². The highest BCUT2D eigenvalue weighted by atomic mass is 16.5. The first-order valence-electron chi connectivity index (χ1n) is 10.6. The highest BCUT2D eigenvalue weighted by Crippen LogP contribution is 2.14. The van der Waals surface area contributed by atoms with E-state index >= 15 is 0 Å². The lowest BCUT2D eigenvalue weighted by Crippen LogP contribution is -2.53. The Bertz CT molecular complexity index is 861. The highest BCUT2D eigenvalue weighted by Gasteiger charge is 2.23. The van der Waals surface area contributed by atoms with Gasteiger partial charge < -0.3 is 24.6 Å². The minimum absolute atomic E-state index is 0.0995. The predicted molar refractivity (Wildman–Crippen MR) is 119 cm³/mol. The molecule has 0 aromatic heterocycles. The van der Waals surface area contributed by atoms with Gasteiger partial charge >= 0.3 is 6.03 Å². The number of hydrogen-bond donors (Lipinski definition) is 1. The Labute approximate surface area is 183 Å². The Morgan fingerprint density at radius 1 is 0.903 bits per heavy atom. The third-order valence-corrected chi connectivity index (χ3v) is 5.55. The van der Waals surface area contributed by atoms with Crippen LogP contribution in [0, 0.1) is 0 Å². The maximum absolute atomic E-state index is 12.6. The molecule has 1 heterocycles. The molecule has 3 amide bonds. The van der Waals surface area contributed by atoms with Gasteiger partial charge in [-0.1, -0.05) is 36.4 Å². The van der Waals surface area contributed by atoms with Gasteiger partial charge in [-0.25, -0.2) is 4.79 Å². The number of carbonyl (C=O) groups excluding carboxylic acids is 2. The third-order valence-electron chi connectivity index (χ3n) is 5.55. The van der Waals surface area contributed by atoms with Gasteiger partial charge in [0.15, 0.2) is 0 Å². The number of urea groups is 1. The summed E-state index contributed by atoms with van der Waals surface area (Å²) in [6.07, 6.45) is 1.17. The Morgan fingerprint density at radius 3 is 2.19 bits per heavy atom. The Hall–Kier alpha value is -3.06. The fourth-order valence-electron chi connectivity index (χ4n) is 3.67. The summed E-state index contributed by atoms with van der Waals surface area (Å²) in [5.74, 6) is 0.941. The maximum atomic E-state index is 12.6.